The highest BCUT2D eigenvalue weighted by atomic mass is 19.1. The third-order valence-corrected chi connectivity index (χ3v) is 4.38. The fourth-order valence-corrected chi connectivity index (χ4v) is 3.18. The quantitative estimate of drug-likeness (QED) is 0.564. The van der Waals surface area contributed by atoms with E-state index >= 15 is 0 Å². The molecule has 0 spiro atoms. The van der Waals surface area contributed by atoms with Crippen LogP contribution in [0.1, 0.15) is 27.4 Å². The number of carbonyl (C=O) groups is 1. The first-order chi connectivity index (χ1) is 13.5. The number of fused-ring (bicyclic) bond motifs is 1. The zero-order chi connectivity index (χ0) is 19.7. The third-order valence-electron chi connectivity index (χ3n) is 4.38. The number of aryl methyl sites for hydroxylation is 1. The molecule has 28 heavy (non-hydrogen) atoms. The van der Waals surface area contributed by atoms with E-state index in [1.165, 1.54) is 12.1 Å². The Morgan fingerprint density at radius 1 is 1.14 bits per heavy atom. The molecule has 5 nitrogen and oxygen atoms in total. The Kier molecular flexibility index (Phi) is 4.65. The minimum atomic E-state index is -0.663. The highest BCUT2D eigenvalue weighted by molar-refractivity contribution is 5.97. The average Bonchev–Trinajstić information content (AvgIpc) is 3.17. The van der Waals surface area contributed by atoms with Gasteiger partial charge in [-0.1, -0.05) is 6.07 Å². The van der Waals surface area contributed by atoms with E-state index in [2.05, 4.69) is 10.3 Å². The Hall–Kier alpha value is -3.48. The Morgan fingerprint density at radius 2 is 1.93 bits per heavy atom. The Balaban J connectivity index is 1.66. The van der Waals surface area contributed by atoms with Crippen LogP contribution in [0, 0.1) is 18.6 Å². The number of aromatic nitrogens is 2. The van der Waals surface area contributed by atoms with Crippen molar-refractivity contribution in [2.45, 2.75) is 20.0 Å². The molecule has 0 unspecified atom stereocenters. The molecule has 0 aliphatic heterocycles. The van der Waals surface area contributed by atoms with Crippen molar-refractivity contribution in [3.63, 3.8) is 0 Å². The van der Waals surface area contributed by atoms with E-state index in [1.54, 1.807) is 42.1 Å². The maximum Gasteiger partial charge on any atom is 0.268 e. The van der Waals surface area contributed by atoms with E-state index in [-0.39, 0.29) is 12.5 Å². The van der Waals surface area contributed by atoms with Crippen molar-refractivity contribution in [2.24, 2.45) is 0 Å². The van der Waals surface area contributed by atoms with Crippen molar-refractivity contribution < 1.29 is 18.0 Å². The summed E-state index contributed by atoms with van der Waals surface area (Å²) in [5, 5.41) is 2.84. The van der Waals surface area contributed by atoms with Gasteiger partial charge in [0.25, 0.3) is 5.91 Å². The summed E-state index contributed by atoms with van der Waals surface area (Å²) in [6, 6.07) is 10.4. The van der Waals surface area contributed by atoms with Gasteiger partial charge in [0, 0.05) is 43.7 Å². The van der Waals surface area contributed by atoms with Crippen LogP contribution in [0.15, 0.2) is 59.3 Å². The number of halogens is 2. The van der Waals surface area contributed by atoms with Crippen LogP contribution in [0.25, 0.3) is 11.1 Å². The minimum absolute atomic E-state index is 0.132. The normalized spacial score (nSPS) is 11.1. The van der Waals surface area contributed by atoms with Crippen LogP contribution < -0.4 is 5.32 Å². The fraction of sp³-hybridized carbons (Fsp3) is 0.143. The van der Waals surface area contributed by atoms with Crippen LogP contribution >= 0.6 is 0 Å². The van der Waals surface area contributed by atoms with E-state index in [4.69, 9.17) is 4.42 Å². The van der Waals surface area contributed by atoms with Gasteiger partial charge in [-0.3, -0.25) is 9.78 Å². The summed E-state index contributed by atoms with van der Waals surface area (Å²) in [7, 11) is 0. The second-order valence-corrected chi connectivity index (χ2v) is 6.54. The number of furan rings is 1. The maximum atomic E-state index is 13.6. The first-order valence-electron chi connectivity index (χ1n) is 8.71. The molecular weight excluding hydrogens is 364 g/mol. The number of rotatable bonds is 5. The summed E-state index contributed by atoms with van der Waals surface area (Å²) in [5.41, 5.74) is 2.85. The molecule has 0 aliphatic rings. The molecule has 0 saturated carbocycles. The van der Waals surface area contributed by atoms with Crippen molar-refractivity contribution in [1.29, 1.82) is 0 Å². The SMILES string of the molecule is Cc1cc2c(cc(C(=O)NCc3cccnc3)n2Cc2cc(F)cc(F)c2)o1. The van der Waals surface area contributed by atoms with E-state index < -0.39 is 11.6 Å². The molecular formula is C21H17F2N3O2. The van der Waals surface area contributed by atoms with Crippen LogP contribution in [-0.2, 0) is 13.1 Å². The second kappa shape index (κ2) is 7.26. The lowest BCUT2D eigenvalue weighted by atomic mass is 10.2. The molecule has 3 aromatic heterocycles. The van der Waals surface area contributed by atoms with Gasteiger partial charge < -0.3 is 14.3 Å². The molecule has 4 aromatic rings. The number of amides is 1. The lowest BCUT2D eigenvalue weighted by molar-refractivity contribution is 0.0942. The Morgan fingerprint density at radius 3 is 2.64 bits per heavy atom. The van der Waals surface area contributed by atoms with Gasteiger partial charge in [0.05, 0.1) is 5.52 Å². The molecule has 7 heteroatoms. The second-order valence-electron chi connectivity index (χ2n) is 6.54. The van der Waals surface area contributed by atoms with Crippen molar-refractivity contribution in [2.75, 3.05) is 0 Å². The number of carbonyl (C=O) groups excluding carboxylic acids is 1. The molecule has 0 bridgehead atoms. The van der Waals surface area contributed by atoms with Gasteiger partial charge in [-0.2, -0.15) is 0 Å². The van der Waals surface area contributed by atoms with Gasteiger partial charge in [-0.25, -0.2) is 8.78 Å². The van der Waals surface area contributed by atoms with Crippen molar-refractivity contribution in [3.05, 3.63) is 89.1 Å². The fourth-order valence-electron chi connectivity index (χ4n) is 3.18. The Bertz CT molecular complexity index is 1130. The molecule has 0 radical (unpaired) electrons. The monoisotopic (exact) mass is 381 g/mol. The molecule has 0 aliphatic carbocycles. The number of hydrogen-bond acceptors (Lipinski definition) is 3. The van der Waals surface area contributed by atoms with E-state index in [1.807, 2.05) is 6.07 Å². The highest BCUT2D eigenvalue weighted by Crippen LogP contribution is 2.25. The molecule has 1 aromatic carbocycles. The zero-order valence-corrected chi connectivity index (χ0v) is 15.1. The predicted molar refractivity (Wildman–Crippen MR) is 99.8 cm³/mol. The van der Waals surface area contributed by atoms with Gasteiger partial charge in [0.15, 0.2) is 5.58 Å². The number of nitrogens with one attached hydrogen (secondary N) is 1. The van der Waals surface area contributed by atoms with E-state index in [9.17, 15) is 13.6 Å². The first kappa shape index (κ1) is 17.9. The first-order valence-corrected chi connectivity index (χ1v) is 8.71. The maximum absolute atomic E-state index is 13.6. The van der Waals surface area contributed by atoms with Gasteiger partial charge in [0.2, 0.25) is 0 Å². The van der Waals surface area contributed by atoms with Crippen LogP contribution in [0.4, 0.5) is 8.78 Å². The Labute approximate surface area is 159 Å². The lowest BCUT2D eigenvalue weighted by Crippen LogP contribution is -2.25. The molecule has 0 saturated heterocycles. The summed E-state index contributed by atoms with van der Waals surface area (Å²) in [6.45, 7) is 2.24. The van der Waals surface area contributed by atoms with E-state index in [0.29, 0.717) is 34.7 Å². The topological polar surface area (TPSA) is 60.1 Å². The molecule has 1 amide bonds. The zero-order valence-electron chi connectivity index (χ0n) is 15.1. The number of nitrogens with zero attached hydrogens (tertiary/aromatic N) is 2. The average molecular weight is 381 g/mol. The molecule has 1 N–H and O–H groups in total. The number of benzene rings is 1. The van der Waals surface area contributed by atoms with Crippen LogP contribution in [0.2, 0.25) is 0 Å². The molecule has 0 fully saturated rings. The standard InChI is InChI=1S/C21H17F2N3O2/c1-13-5-18-20(28-13)9-19(21(27)25-11-14-3-2-4-24-10-14)26(18)12-15-6-16(22)8-17(23)7-15/h2-10H,11-12H2,1H3,(H,25,27). The summed E-state index contributed by atoms with van der Waals surface area (Å²) in [6.07, 6.45) is 3.33. The summed E-state index contributed by atoms with van der Waals surface area (Å²) < 4.78 is 34.5. The van der Waals surface area contributed by atoms with Crippen LogP contribution in [0.3, 0.4) is 0 Å². The van der Waals surface area contributed by atoms with Crippen molar-refractivity contribution in [1.82, 2.24) is 14.9 Å². The van der Waals surface area contributed by atoms with E-state index in [0.717, 1.165) is 11.6 Å². The van der Waals surface area contributed by atoms with Crippen molar-refractivity contribution in [3.8, 4) is 0 Å². The summed E-state index contributed by atoms with van der Waals surface area (Å²) in [4.78, 5) is 16.8. The number of hydrogen-bond donors (Lipinski definition) is 1. The minimum Gasteiger partial charge on any atom is -0.460 e. The molecule has 4 rings (SSSR count). The number of pyridine rings is 1. The largest absolute Gasteiger partial charge is 0.460 e. The van der Waals surface area contributed by atoms with Gasteiger partial charge in [-0.15, -0.1) is 0 Å². The lowest BCUT2D eigenvalue weighted by Gasteiger charge is -2.11. The van der Waals surface area contributed by atoms with Gasteiger partial charge in [0.1, 0.15) is 23.1 Å². The molecule has 0 atom stereocenters. The third kappa shape index (κ3) is 3.64. The van der Waals surface area contributed by atoms with Crippen LogP contribution in [-0.4, -0.2) is 15.5 Å². The van der Waals surface area contributed by atoms with Gasteiger partial charge >= 0.3 is 0 Å². The highest BCUT2D eigenvalue weighted by Gasteiger charge is 2.19. The summed E-state index contributed by atoms with van der Waals surface area (Å²) in [5.74, 6) is -0.954. The molecule has 3 heterocycles. The van der Waals surface area contributed by atoms with Crippen molar-refractivity contribution >= 4 is 17.0 Å². The summed E-state index contributed by atoms with van der Waals surface area (Å²) >= 11 is 0. The smallest absolute Gasteiger partial charge is 0.268 e. The molecule has 142 valence electrons. The van der Waals surface area contributed by atoms with Gasteiger partial charge in [-0.05, 0) is 36.2 Å². The van der Waals surface area contributed by atoms with Crippen LogP contribution in [0.5, 0.6) is 0 Å². The predicted octanol–water partition coefficient (Wildman–Crippen LogP) is 4.19.